The van der Waals surface area contributed by atoms with Crippen molar-refractivity contribution in [3.63, 3.8) is 0 Å². The third-order valence-corrected chi connectivity index (χ3v) is 1.52. The first kappa shape index (κ1) is 11.7. The van der Waals surface area contributed by atoms with E-state index in [2.05, 4.69) is 21.6 Å². The number of nitrogens with zero attached hydrogens (tertiary/aromatic N) is 2. The summed E-state index contributed by atoms with van der Waals surface area (Å²) in [5.41, 5.74) is 0.415. The first-order chi connectivity index (χ1) is 7.63. The molecule has 6 nitrogen and oxygen atoms in total. The molecule has 1 rings (SSSR count). The molecule has 6 heteroatoms. The predicted molar refractivity (Wildman–Crippen MR) is 54.4 cm³/mol. The van der Waals surface area contributed by atoms with Gasteiger partial charge in [0.25, 0.3) is 0 Å². The van der Waals surface area contributed by atoms with Crippen molar-refractivity contribution in [3.05, 3.63) is 34.0 Å². The normalized spacial score (nSPS) is 8.81. The van der Waals surface area contributed by atoms with Gasteiger partial charge in [0.05, 0.1) is 12.2 Å². The van der Waals surface area contributed by atoms with Gasteiger partial charge in [-0.05, 0) is 22.9 Å². The van der Waals surface area contributed by atoms with Crippen LogP contribution in [0, 0.1) is 22.0 Å². The number of carbonyl (C=O) groups is 1. The van der Waals surface area contributed by atoms with Crippen molar-refractivity contribution in [2.45, 2.75) is 6.92 Å². The van der Waals surface area contributed by atoms with Crippen LogP contribution in [0.25, 0.3) is 0 Å². The van der Waals surface area contributed by atoms with Gasteiger partial charge in [-0.15, -0.1) is 0 Å². The van der Waals surface area contributed by atoms with Crippen LogP contribution in [-0.2, 0) is 9.53 Å². The van der Waals surface area contributed by atoms with Gasteiger partial charge in [0.1, 0.15) is 0 Å². The summed E-state index contributed by atoms with van der Waals surface area (Å²) in [6.07, 6.45) is 1.23. The molecule has 0 spiro atoms. The summed E-state index contributed by atoms with van der Waals surface area (Å²) in [4.78, 5) is 24.1. The largest absolute Gasteiger partial charge is 0.456 e. The summed E-state index contributed by atoms with van der Waals surface area (Å²) in [6.45, 7) is 1.93. The molecule has 0 unspecified atom stereocenters. The van der Waals surface area contributed by atoms with Crippen LogP contribution in [0.3, 0.4) is 0 Å². The summed E-state index contributed by atoms with van der Waals surface area (Å²) >= 11 is 0. The zero-order valence-electron chi connectivity index (χ0n) is 8.47. The first-order valence-corrected chi connectivity index (χ1v) is 4.42. The van der Waals surface area contributed by atoms with Gasteiger partial charge in [0.15, 0.2) is 6.20 Å². The van der Waals surface area contributed by atoms with Crippen molar-refractivity contribution in [1.82, 2.24) is 4.98 Å². The summed E-state index contributed by atoms with van der Waals surface area (Å²) in [6, 6.07) is 2.63. The number of hydrogen-bond donors (Lipinski definition) is 0. The number of carbonyl (C=O) groups excluding carboxylic acids is 1. The van der Waals surface area contributed by atoms with Crippen LogP contribution in [0.15, 0.2) is 18.3 Å². The lowest BCUT2D eigenvalue weighted by molar-refractivity contribution is -0.389. The number of aromatic nitrogens is 1. The minimum absolute atomic E-state index is 0.256. The molecule has 0 bridgehead atoms. The number of pyridine rings is 1. The number of rotatable bonds is 2. The molecule has 0 saturated heterocycles. The molecule has 0 fully saturated rings. The van der Waals surface area contributed by atoms with Crippen LogP contribution in [0.1, 0.15) is 12.5 Å². The lowest BCUT2D eigenvalue weighted by atomic mass is 10.3. The Morgan fingerprint density at radius 3 is 2.88 bits per heavy atom. The summed E-state index contributed by atoms with van der Waals surface area (Å²) in [7, 11) is 0. The average Bonchev–Trinajstić information content (AvgIpc) is 2.27. The molecule has 0 amide bonds. The monoisotopic (exact) mass is 220 g/mol. The highest BCUT2D eigenvalue weighted by molar-refractivity contribution is 5.89. The predicted octanol–water partition coefficient (Wildman–Crippen LogP) is 0.904. The van der Waals surface area contributed by atoms with E-state index in [1.807, 2.05) is 0 Å². The molecule has 0 atom stereocenters. The molecule has 0 N–H and O–H groups in total. The van der Waals surface area contributed by atoms with E-state index in [-0.39, 0.29) is 12.4 Å². The number of hydrogen-bond acceptors (Lipinski definition) is 5. The van der Waals surface area contributed by atoms with Crippen LogP contribution in [-0.4, -0.2) is 22.5 Å². The van der Waals surface area contributed by atoms with Gasteiger partial charge < -0.3 is 14.9 Å². The highest BCUT2D eigenvalue weighted by Crippen LogP contribution is 2.06. The van der Waals surface area contributed by atoms with E-state index < -0.39 is 10.9 Å². The summed E-state index contributed by atoms with van der Waals surface area (Å²) in [5, 5.41) is 10.3. The van der Waals surface area contributed by atoms with E-state index in [4.69, 9.17) is 0 Å². The molecule has 0 aliphatic rings. The molecule has 1 aromatic rings. The van der Waals surface area contributed by atoms with Crippen LogP contribution in [0.2, 0.25) is 0 Å². The van der Waals surface area contributed by atoms with Crippen LogP contribution < -0.4 is 0 Å². The minimum atomic E-state index is -0.638. The van der Waals surface area contributed by atoms with Crippen molar-refractivity contribution >= 4 is 11.8 Å². The van der Waals surface area contributed by atoms with E-state index in [9.17, 15) is 14.9 Å². The number of ether oxygens (including phenoxy) is 1. The van der Waals surface area contributed by atoms with Crippen molar-refractivity contribution in [3.8, 4) is 11.8 Å². The molecule has 16 heavy (non-hydrogen) atoms. The van der Waals surface area contributed by atoms with Gasteiger partial charge in [0.2, 0.25) is 0 Å². The smallest absolute Gasteiger partial charge is 0.384 e. The molecule has 0 aliphatic heterocycles. The minimum Gasteiger partial charge on any atom is -0.456 e. The van der Waals surface area contributed by atoms with Gasteiger partial charge in [0, 0.05) is 12.0 Å². The zero-order valence-corrected chi connectivity index (χ0v) is 8.47. The molecule has 1 heterocycles. The maximum atomic E-state index is 10.9. The third kappa shape index (κ3) is 3.38. The van der Waals surface area contributed by atoms with Crippen molar-refractivity contribution in [2.24, 2.45) is 0 Å². The van der Waals surface area contributed by atoms with Crippen LogP contribution in [0.5, 0.6) is 0 Å². The SMILES string of the molecule is CCOC(=O)C#Cc1ccc([N+](=O)[O-])nc1. The van der Waals surface area contributed by atoms with Gasteiger partial charge in [-0.1, -0.05) is 5.92 Å². The zero-order chi connectivity index (χ0) is 12.0. The Balaban J connectivity index is 2.75. The quantitative estimate of drug-likeness (QED) is 0.320. The maximum Gasteiger partial charge on any atom is 0.384 e. The Bertz CT molecular complexity index is 456. The van der Waals surface area contributed by atoms with Crippen molar-refractivity contribution in [1.29, 1.82) is 0 Å². The van der Waals surface area contributed by atoms with Gasteiger partial charge >= 0.3 is 11.8 Å². The second-order valence-electron chi connectivity index (χ2n) is 2.63. The van der Waals surface area contributed by atoms with Gasteiger partial charge in [-0.25, -0.2) is 4.79 Å². The van der Waals surface area contributed by atoms with Crippen LogP contribution in [0.4, 0.5) is 5.82 Å². The van der Waals surface area contributed by atoms with Gasteiger partial charge in [-0.3, -0.25) is 0 Å². The van der Waals surface area contributed by atoms with E-state index in [0.717, 1.165) is 0 Å². The lowest BCUT2D eigenvalue weighted by Crippen LogP contribution is -1.99. The van der Waals surface area contributed by atoms with E-state index >= 15 is 0 Å². The molecule has 0 radical (unpaired) electrons. The Hall–Kier alpha value is -2.42. The summed E-state index contributed by atoms with van der Waals surface area (Å²) in [5.74, 6) is 3.81. The van der Waals surface area contributed by atoms with Crippen molar-refractivity contribution in [2.75, 3.05) is 6.61 Å². The fourth-order valence-corrected chi connectivity index (χ4v) is 0.858. The summed E-state index contributed by atoms with van der Waals surface area (Å²) < 4.78 is 4.58. The standard InChI is InChI=1S/C10H8N2O4/c1-2-16-10(13)6-4-8-3-5-9(11-7-8)12(14)15/h3,5,7H,2H2,1H3. The Kier molecular flexibility index (Phi) is 3.98. The highest BCUT2D eigenvalue weighted by atomic mass is 16.6. The number of nitro groups is 1. The fraction of sp³-hybridized carbons (Fsp3) is 0.200. The Morgan fingerprint density at radius 2 is 2.38 bits per heavy atom. The average molecular weight is 220 g/mol. The molecular weight excluding hydrogens is 212 g/mol. The third-order valence-electron chi connectivity index (χ3n) is 1.52. The second kappa shape index (κ2) is 5.46. The molecule has 0 aromatic carbocycles. The molecule has 0 aliphatic carbocycles. The van der Waals surface area contributed by atoms with E-state index in [1.54, 1.807) is 6.92 Å². The maximum absolute atomic E-state index is 10.9. The fourth-order valence-electron chi connectivity index (χ4n) is 0.858. The van der Waals surface area contributed by atoms with Gasteiger partial charge in [-0.2, -0.15) is 0 Å². The highest BCUT2D eigenvalue weighted by Gasteiger charge is 2.04. The van der Waals surface area contributed by atoms with E-state index in [0.29, 0.717) is 5.56 Å². The van der Waals surface area contributed by atoms with Crippen LogP contribution >= 0.6 is 0 Å². The first-order valence-electron chi connectivity index (χ1n) is 4.42. The Labute approximate surface area is 91.4 Å². The second-order valence-corrected chi connectivity index (χ2v) is 2.63. The molecule has 1 aromatic heterocycles. The molecule has 82 valence electrons. The molecular formula is C10H8N2O4. The lowest BCUT2D eigenvalue weighted by Gasteiger charge is -1.91. The number of esters is 1. The van der Waals surface area contributed by atoms with E-state index in [1.165, 1.54) is 18.3 Å². The molecule has 0 saturated carbocycles. The Morgan fingerprint density at radius 1 is 1.62 bits per heavy atom. The van der Waals surface area contributed by atoms with Crippen molar-refractivity contribution < 1.29 is 14.5 Å². The topological polar surface area (TPSA) is 82.3 Å².